The van der Waals surface area contributed by atoms with Crippen LogP contribution >= 0.6 is 0 Å². The van der Waals surface area contributed by atoms with Crippen LogP contribution in [0.15, 0.2) is 4.52 Å². The maximum atomic E-state index is 13.6. The summed E-state index contributed by atoms with van der Waals surface area (Å²) in [7, 11) is 0. The highest BCUT2D eigenvalue weighted by Crippen LogP contribution is 2.51. The Bertz CT molecular complexity index is 786. The zero-order valence-corrected chi connectivity index (χ0v) is 18.0. The fourth-order valence-corrected chi connectivity index (χ4v) is 4.63. The number of aromatic nitrogens is 2. The predicted molar refractivity (Wildman–Crippen MR) is 106 cm³/mol. The average molecular weight is 406 g/mol. The van der Waals surface area contributed by atoms with Crippen LogP contribution in [0.4, 0.5) is 4.39 Å². The minimum absolute atomic E-state index is 0.0114. The van der Waals surface area contributed by atoms with Gasteiger partial charge >= 0.3 is 0 Å². The van der Waals surface area contributed by atoms with Crippen molar-refractivity contribution in [1.82, 2.24) is 20.4 Å². The quantitative estimate of drug-likeness (QED) is 0.782. The van der Waals surface area contributed by atoms with Crippen LogP contribution in [0.2, 0.25) is 0 Å². The Kier molecular flexibility index (Phi) is 6.00. The first-order chi connectivity index (χ1) is 13.6. The first-order valence-electron chi connectivity index (χ1n) is 10.5. The third kappa shape index (κ3) is 4.16. The summed E-state index contributed by atoms with van der Waals surface area (Å²) in [6.45, 7) is 10.7. The molecule has 1 aromatic rings. The van der Waals surface area contributed by atoms with E-state index in [1.165, 1.54) is 4.90 Å². The number of carbonyl (C=O) groups excluding carboxylic acids is 1. The lowest BCUT2D eigenvalue weighted by molar-refractivity contribution is -0.131. The number of carbonyl (C=O) groups is 1. The second-order valence-corrected chi connectivity index (χ2v) is 9.57. The average Bonchev–Trinajstić information content (AvgIpc) is 3.33. The van der Waals surface area contributed by atoms with Crippen LogP contribution in [0.5, 0.6) is 0 Å². The van der Waals surface area contributed by atoms with E-state index in [-0.39, 0.29) is 42.3 Å². The minimum atomic E-state index is -1.11. The number of amides is 1. The molecule has 8 heteroatoms. The summed E-state index contributed by atoms with van der Waals surface area (Å²) in [5, 5.41) is 16.7. The van der Waals surface area contributed by atoms with Gasteiger partial charge < -0.3 is 14.7 Å². The zero-order chi connectivity index (χ0) is 21.4. The Morgan fingerprint density at radius 2 is 2.17 bits per heavy atom. The summed E-state index contributed by atoms with van der Waals surface area (Å²) in [5.74, 6) is 1.73. The molecule has 1 amide bonds. The van der Waals surface area contributed by atoms with Gasteiger partial charge in [0.1, 0.15) is 12.2 Å². The van der Waals surface area contributed by atoms with Gasteiger partial charge in [0.2, 0.25) is 11.8 Å². The van der Waals surface area contributed by atoms with Crippen molar-refractivity contribution in [3.05, 3.63) is 11.7 Å². The molecule has 4 atom stereocenters. The summed E-state index contributed by atoms with van der Waals surface area (Å²) < 4.78 is 19.0. The summed E-state index contributed by atoms with van der Waals surface area (Å²) in [5.41, 5.74) is -0.358. The molecular formula is C21H32FN5O2. The molecule has 4 unspecified atom stereocenters. The number of nitrogens with one attached hydrogen (secondary N) is 1. The van der Waals surface area contributed by atoms with E-state index in [0.29, 0.717) is 11.8 Å². The Balaban J connectivity index is 1.62. The van der Waals surface area contributed by atoms with E-state index in [1.807, 2.05) is 19.9 Å². The number of alkyl halides is 1. The molecule has 0 radical (unpaired) electrons. The van der Waals surface area contributed by atoms with E-state index in [2.05, 4.69) is 36.2 Å². The van der Waals surface area contributed by atoms with Crippen LogP contribution in [-0.4, -0.2) is 51.8 Å². The Labute approximate surface area is 172 Å². The number of hydrogen-bond donors (Lipinski definition) is 1. The van der Waals surface area contributed by atoms with Gasteiger partial charge in [0.25, 0.3) is 0 Å². The van der Waals surface area contributed by atoms with Crippen molar-refractivity contribution in [2.75, 3.05) is 13.1 Å². The van der Waals surface area contributed by atoms with Gasteiger partial charge in [-0.15, -0.1) is 0 Å². The molecule has 1 aromatic heterocycles. The van der Waals surface area contributed by atoms with Crippen molar-refractivity contribution in [2.45, 2.75) is 84.0 Å². The van der Waals surface area contributed by atoms with Crippen molar-refractivity contribution < 1.29 is 13.7 Å². The number of hydrogen-bond acceptors (Lipinski definition) is 6. The van der Waals surface area contributed by atoms with Crippen LogP contribution < -0.4 is 5.32 Å². The normalized spacial score (nSPS) is 31.4. The third-order valence-electron chi connectivity index (χ3n) is 7.19. The van der Waals surface area contributed by atoms with Crippen LogP contribution in [0.25, 0.3) is 0 Å². The van der Waals surface area contributed by atoms with Gasteiger partial charge in [-0.25, -0.2) is 4.39 Å². The van der Waals surface area contributed by atoms with E-state index in [9.17, 15) is 14.4 Å². The van der Waals surface area contributed by atoms with Crippen LogP contribution in [0.3, 0.4) is 0 Å². The van der Waals surface area contributed by atoms with Gasteiger partial charge in [0.15, 0.2) is 5.82 Å². The number of rotatable bonds is 6. The summed E-state index contributed by atoms with van der Waals surface area (Å²) in [6, 6.07) is 1.38. The molecule has 0 bridgehead atoms. The highest BCUT2D eigenvalue weighted by atomic mass is 19.1. The largest absolute Gasteiger partial charge is 0.339 e. The molecule has 7 nitrogen and oxygen atoms in total. The smallest absolute Gasteiger partial charge is 0.237 e. The number of halogens is 1. The van der Waals surface area contributed by atoms with Crippen LogP contribution in [-0.2, 0) is 11.2 Å². The van der Waals surface area contributed by atoms with E-state index in [0.717, 1.165) is 25.1 Å². The molecule has 160 valence electrons. The number of nitriles is 1. The van der Waals surface area contributed by atoms with Gasteiger partial charge in [0, 0.05) is 24.3 Å². The number of likely N-dealkylation sites (tertiary alicyclic amines) is 1. The molecule has 29 heavy (non-hydrogen) atoms. The highest BCUT2D eigenvalue weighted by molar-refractivity contribution is 5.79. The molecule has 1 saturated heterocycles. The SMILES string of the molecule is CC(C)c1nc(CC2CCC(C)(NCC(=O)N3CC(F)CC3C#N)C2(C)C)no1. The van der Waals surface area contributed by atoms with Crippen molar-refractivity contribution in [2.24, 2.45) is 11.3 Å². The lowest BCUT2D eigenvalue weighted by atomic mass is 9.70. The van der Waals surface area contributed by atoms with E-state index in [4.69, 9.17) is 4.52 Å². The molecule has 2 fully saturated rings. The highest BCUT2D eigenvalue weighted by Gasteiger charge is 2.51. The van der Waals surface area contributed by atoms with Gasteiger partial charge in [-0.1, -0.05) is 32.9 Å². The standard InChI is InChI=1S/C21H32FN5O2/c1-13(2)19-25-17(26-29-19)8-14-6-7-21(5,20(14,3)4)24-11-18(28)27-12-15(22)9-16(27)10-23/h13-16,24H,6-9,11-12H2,1-5H3. The van der Waals surface area contributed by atoms with Crippen LogP contribution in [0, 0.1) is 22.7 Å². The molecule has 1 aliphatic heterocycles. The zero-order valence-electron chi connectivity index (χ0n) is 18.0. The predicted octanol–water partition coefficient (Wildman–Crippen LogP) is 2.98. The van der Waals surface area contributed by atoms with Crippen molar-refractivity contribution in [3.63, 3.8) is 0 Å². The topological polar surface area (TPSA) is 95.1 Å². The Hall–Kier alpha value is -2.01. The Morgan fingerprint density at radius 3 is 2.79 bits per heavy atom. The molecule has 0 aromatic carbocycles. The fraction of sp³-hybridized carbons (Fsp3) is 0.810. The lowest BCUT2D eigenvalue weighted by Crippen LogP contribution is -2.55. The van der Waals surface area contributed by atoms with Gasteiger partial charge in [-0.2, -0.15) is 10.2 Å². The van der Waals surface area contributed by atoms with Crippen molar-refractivity contribution in [3.8, 4) is 6.07 Å². The van der Waals surface area contributed by atoms with Gasteiger partial charge in [-0.3, -0.25) is 4.79 Å². The number of nitrogens with zero attached hydrogens (tertiary/aromatic N) is 4. The molecule has 1 aliphatic carbocycles. The first kappa shape index (κ1) is 21.7. The van der Waals surface area contributed by atoms with Crippen molar-refractivity contribution >= 4 is 5.91 Å². The van der Waals surface area contributed by atoms with Gasteiger partial charge in [-0.05, 0) is 31.1 Å². The molecular weight excluding hydrogens is 373 g/mol. The lowest BCUT2D eigenvalue weighted by Gasteiger charge is -2.42. The first-order valence-corrected chi connectivity index (χ1v) is 10.5. The monoisotopic (exact) mass is 405 g/mol. The third-order valence-corrected chi connectivity index (χ3v) is 7.19. The fourth-order valence-electron chi connectivity index (χ4n) is 4.63. The molecule has 1 N–H and O–H groups in total. The van der Waals surface area contributed by atoms with E-state index < -0.39 is 12.2 Å². The van der Waals surface area contributed by atoms with Crippen molar-refractivity contribution in [1.29, 1.82) is 5.26 Å². The van der Waals surface area contributed by atoms with Gasteiger partial charge in [0.05, 0.1) is 19.2 Å². The molecule has 1 saturated carbocycles. The van der Waals surface area contributed by atoms with E-state index in [1.54, 1.807) is 0 Å². The molecule has 3 rings (SSSR count). The maximum Gasteiger partial charge on any atom is 0.237 e. The summed E-state index contributed by atoms with van der Waals surface area (Å²) >= 11 is 0. The summed E-state index contributed by atoms with van der Waals surface area (Å²) in [4.78, 5) is 18.5. The molecule has 2 heterocycles. The Morgan fingerprint density at radius 1 is 1.45 bits per heavy atom. The maximum absolute atomic E-state index is 13.6. The summed E-state index contributed by atoms with van der Waals surface area (Å²) in [6.07, 6.45) is 1.64. The van der Waals surface area contributed by atoms with E-state index >= 15 is 0 Å². The second-order valence-electron chi connectivity index (χ2n) is 9.57. The van der Waals surface area contributed by atoms with Crippen LogP contribution in [0.1, 0.15) is 71.5 Å². The second kappa shape index (κ2) is 8.02. The molecule has 0 spiro atoms. The minimum Gasteiger partial charge on any atom is -0.339 e. The molecule has 2 aliphatic rings.